The molecule has 1 aromatic heterocycles. The van der Waals surface area contributed by atoms with E-state index in [1.54, 1.807) is 6.20 Å². The monoisotopic (exact) mass is 151 g/mol. The summed E-state index contributed by atoms with van der Waals surface area (Å²) in [5.74, 6) is 0. The van der Waals surface area contributed by atoms with Crippen molar-refractivity contribution in [3.05, 3.63) is 29.6 Å². The van der Waals surface area contributed by atoms with Crippen LogP contribution in [0.4, 0.5) is 0 Å². The highest BCUT2D eigenvalue weighted by Crippen LogP contribution is 2.15. The van der Waals surface area contributed by atoms with E-state index in [-0.39, 0.29) is 6.10 Å². The minimum atomic E-state index is -0.336. The molecule has 2 nitrogen and oxygen atoms in total. The summed E-state index contributed by atoms with van der Waals surface area (Å²) in [4.78, 5) is 4.05. The third-order valence-electron chi connectivity index (χ3n) is 1.69. The van der Waals surface area contributed by atoms with E-state index in [1.165, 1.54) is 0 Å². The van der Waals surface area contributed by atoms with E-state index >= 15 is 0 Å². The number of hydrogen-bond donors (Lipinski definition) is 1. The molecular formula is C9H13NO. The van der Waals surface area contributed by atoms with Crippen LogP contribution < -0.4 is 0 Å². The first-order chi connectivity index (χ1) is 5.24. The summed E-state index contributed by atoms with van der Waals surface area (Å²) < 4.78 is 0. The van der Waals surface area contributed by atoms with Crippen LogP contribution in [0.15, 0.2) is 18.3 Å². The summed E-state index contributed by atoms with van der Waals surface area (Å²) in [6.45, 7) is 3.88. The molecule has 0 spiro atoms. The van der Waals surface area contributed by atoms with Gasteiger partial charge < -0.3 is 5.11 Å². The molecule has 0 saturated heterocycles. The van der Waals surface area contributed by atoms with Crippen LogP contribution in [0.25, 0.3) is 0 Å². The van der Waals surface area contributed by atoms with E-state index in [0.717, 1.165) is 17.7 Å². The standard InChI is InChI=1S/C9H13NO/c1-3-9(11)8-4-5-10-7(2)6-8/h4-6,9,11H,3H2,1-2H3/t9-/m1/s1. The zero-order valence-corrected chi connectivity index (χ0v) is 6.91. The van der Waals surface area contributed by atoms with Gasteiger partial charge in [0.15, 0.2) is 0 Å². The number of aliphatic hydroxyl groups is 1. The molecule has 1 aromatic rings. The zero-order chi connectivity index (χ0) is 8.27. The number of rotatable bonds is 2. The fourth-order valence-corrected chi connectivity index (χ4v) is 1.01. The van der Waals surface area contributed by atoms with Gasteiger partial charge in [0.25, 0.3) is 0 Å². The first-order valence-corrected chi connectivity index (χ1v) is 3.84. The van der Waals surface area contributed by atoms with Gasteiger partial charge in [0.05, 0.1) is 6.10 Å². The van der Waals surface area contributed by atoms with Crippen molar-refractivity contribution in [2.45, 2.75) is 26.4 Å². The van der Waals surface area contributed by atoms with Crippen molar-refractivity contribution < 1.29 is 5.11 Å². The van der Waals surface area contributed by atoms with Crippen LogP contribution >= 0.6 is 0 Å². The molecule has 0 aromatic carbocycles. The molecule has 0 radical (unpaired) electrons. The molecule has 0 aliphatic rings. The average Bonchev–Trinajstić information content (AvgIpc) is 2.03. The maximum Gasteiger partial charge on any atom is 0.0788 e. The van der Waals surface area contributed by atoms with Crippen molar-refractivity contribution in [2.24, 2.45) is 0 Å². The van der Waals surface area contributed by atoms with E-state index in [1.807, 2.05) is 26.0 Å². The summed E-state index contributed by atoms with van der Waals surface area (Å²) in [7, 11) is 0. The Bertz CT molecular complexity index is 235. The topological polar surface area (TPSA) is 33.1 Å². The molecule has 1 atom stereocenters. The molecule has 0 aliphatic carbocycles. The highest BCUT2D eigenvalue weighted by atomic mass is 16.3. The Hall–Kier alpha value is -0.890. The molecule has 60 valence electrons. The lowest BCUT2D eigenvalue weighted by atomic mass is 10.1. The Morgan fingerprint density at radius 3 is 2.91 bits per heavy atom. The fraction of sp³-hybridized carbons (Fsp3) is 0.444. The molecule has 0 amide bonds. The van der Waals surface area contributed by atoms with Crippen molar-refractivity contribution in [3.63, 3.8) is 0 Å². The normalized spacial score (nSPS) is 13.0. The lowest BCUT2D eigenvalue weighted by Gasteiger charge is -2.07. The molecule has 0 saturated carbocycles. The first kappa shape index (κ1) is 8.21. The van der Waals surface area contributed by atoms with E-state index in [4.69, 9.17) is 0 Å². The number of hydrogen-bond acceptors (Lipinski definition) is 2. The second kappa shape index (κ2) is 3.49. The number of pyridine rings is 1. The largest absolute Gasteiger partial charge is 0.388 e. The third-order valence-corrected chi connectivity index (χ3v) is 1.69. The zero-order valence-electron chi connectivity index (χ0n) is 6.91. The molecule has 0 unspecified atom stereocenters. The van der Waals surface area contributed by atoms with Gasteiger partial charge in [-0.05, 0) is 31.0 Å². The summed E-state index contributed by atoms with van der Waals surface area (Å²) in [6.07, 6.45) is 2.14. The molecule has 0 fully saturated rings. The Balaban J connectivity index is 2.86. The predicted molar refractivity (Wildman–Crippen MR) is 44.2 cm³/mol. The molecule has 1 rings (SSSR count). The first-order valence-electron chi connectivity index (χ1n) is 3.84. The highest BCUT2D eigenvalue weighted by molar-refractivity contribution is 5.17. The van der Waals surface area contributed by atoms with Crippen LogP contribution in [0.1, 0.15) is 30.7 Å². The molecular weight excluding hydrogens is 138 g/mol. The van der Waals surface area contributed by atoms with Crippen LogP contribution in [0, 0.1) is 6.92 Å². The Labute approximate surface area is 66.9 Å². The minimum absolute atomic E-state index is 0.336. The third kappa shape index (κ3) is 2.02. The minimum Gasteiger partial charge on any atom is -0.388 e. The average molecular weight is 151 g/mol. The van der Waals surface area contributed by atoms with Crippen LogP contribution in [0.2, 0.25) is 0 Å². The molecule has 1 N–H and O–H groups in total. The SMILES string of the molecule is CC[C@@H](O)c1ccnc(C)c1. The lowest BCUT2D eigenvalue weighted by Crippen LogP contribution is -1.95. The number of aliphatic hydroxyl groups excluding tert-OH is 1. The highest BCUT2D eigenvalue weighted by Gasteiger charge is 2.03. The summed E-state index contributed by atoms with van der Waals surface area (Å²) in [5, 5.41) is 9.43. The smallest absolute Gasteiger partial charge is 0.0788 e. The van der Waals surface area contributed by atoms with Gasteiger partial charge in [0, 0.05) is 11.9 Å². The Morgan fingerprint density at radius 2 is 2.36 bits per heavy atom. The van der Waals surface area contributed by atoms with E-state index < -0.39 is 0 Å². The van der Waals surface area contributed by atoms with E-state index in [0.29, 0.717) is 0 Å². The fourth-order valence-electron chi connectivity index (χ4n) is 1.01. The van der Waals surface area contributed by atoms with Gasteiger partial charge in [-0.15, -0.1) is 0 Å². The summed E-state index contributed by atoms with van der Waals surface area (Å²) >= 11 is 0. The summed E-state index contributed by atoms with van der Waals surface area (Å²) in [5.41, 5.74) is 1.91. The predicted octanol–water partition coefficient (Wildman–Crippen LogP) is 1.83. The van der Waals surface area contributed by atoms with E-state index in [2.05, 4.69) is 4.98 Å². The Morgan fingerprint density at radius 1 is 1.64 bits per heavy atom. The van der Waals surface area contributed by atoms with Gasteiger partial charge >= 0.3 is 0 Å². The second-order valence-electron chi connectivity index (χ2n) is 2.65. The van der Waals surface area contributed by atoms with Crippen molar-refractivity contribution in [1.29, 1.82) is 0 Å². The van der Waals surface area contributed by atoms with Crippen LogP contribution in [-0.4, -0.2) is 10.1 Å². The van der Waals surface area contributed by atoms with Crippen molar-refractivity contribution in [3.8, 4) is 0 Å². The van der Waals surface area contributed by atoms with Crippen LogP contribution in [0.5, 0.6) is 0 Å². The van der Waals surface area contributed by atoms with Crippen molar-refractivity contribution in [1.82, 2.24) is 4.98 Å². The van der Waals surface area contributed by atoms with Gasteiger partial charge in [-0.3, -0.25) is 4.98 Å². The van der Waals surface area contributed by atoms with Gasteiger partial charge in [-0.25, -0.2) is 0 Å². The van der Waals surface area contributed by atoms with Crippen LogP contribution in [0.3, 0.4) is 0 Å². The number of aromatic nitrogens is 1. The number of aryl methyl sites for hydroxylation is 1. The lowest BCUT2D eigenvalue weighted by molar-refractivity contribution is 0.173. The second-order valence-corrected chi connectivity index (χ2v) is 2.65. The Kier molecular flexibility index (Phi) is 2.60. The van der Waals surface area contributed by atoms with Crippen molar-refractivity contribution in [2.75, 3.05) is 0 Å². The van der Waals surface area contributed by atoms with Crippen LogP contribution in [-0.2, 0) is 0 Å². The maximum absolute atomic E-state index is 9.43. The molecule has 0 bridgehead atoms. The maximum atomic E-state index is 9.43. The molecule has 0 aliphatic heterocycles. The molecule has 1 heterocycles. The summed E-state index contributed by atoms with van der Waals surface area (Å²) in [6, 6.07) is 3.76. The van der Waals surface area contributed by atoms with Gasteiger partial charge in [0.2, 0.25) is 0 Å². The van der Waals surface area contributed by atoms with E-state index in [9.17, 15) is 5.11 Å². The van der Waals surface area contributed by atoms with Gasteiger partial charge in [-0.2, -0.15) is 0 Å². The van der Waals surface area contributed by atoms with Gasteiger partial charge in [0.1, 0.15) is 0 Å². The quantitative estimate of drug-likeness (QED) is 0.699. The number of nitrogens with zero attached hydrogens (tertiary/aromatic N) is 1. The van der Waals surface area contributed by atoms with Gasteiger partial charge in [-0.1, -0.05) is 6.92 Å². The van der Waals surface area contributed by atoms with Crippen molar-refractivity contribution >= 4 is 0 Å². The molecule has 11 heavy (non-hydrogen) atoms. The molecule has 2 heteroatoms.